The zero-order valence-corrected chi connectivity index (χ0v) is 16.6. The van der Waals surface area contributed by atoms with Gasteiger partial charge in [0.2, 0.25) is 0 Å². The fraction of sp³-hybridized carbons (Fsp3) is 0.636. The molecule has 0 unspecified atom stereocenters. The van der Waals surface area contributed by atoms with Gasteiger partial charge in [0.25, 0.3) is 0 Å². The summed E-state index contributed by atoms with van der Waals surface area (Å²) in [6, 6.07) is 9.12. The van der Waals surface area contributed by atoms with Crippen molar-refractivity contribution in [3.63, 3.8) is 0 Å². The molecule has 0 spiro atoms. The molecule has 23 heavy (non-hydrogen) atoms. The molecule has 0 aromatic heterocycles. The van der Waals surface area contributed by atoms with Gasteiger partial charge in [-0.05, 0) is 55.2 Å². The molecule has 0 N–H and O–H groups in total. The molecule has 0 aliphatic heterocycles. The van der Waals surface area contributed by atoms with Crippen LogP contribution in [-0.2, 0) is 0 Å². The van der Waals surface area contributed by atoms with E-state index in [1.807, 2.05) is 0 Å². The maximum atomic E-state index is 3.46. The predicted molar refractivity (Wildman–Crippen MR) is 106 cm³/mol. The molecule has 0 atom stereocenters. The van der Waals surface area contributed by atoms with Crippen molar-refractivity contribution < 1.29 is 0 Å². The Balaban J connectivity index is 1.85. The van der Waals surface area contributed by atoms with Crippen molar-refractivity contribution in [1.29, 1.82) is 0 Å². The van der Waals surface area contributed by atoms with Crippen LogP contribution in [0, 0.1) is 17.4 Å². The summed E-state index contributed by atoms with van der Waals surface area (Å²) in [6.45, 7) is 9.20. The number of hydrogen-bond donors (Lipinski definition) is 0. The lowest BCUT2D eigenvalue weighted by atomic mass is 9.77. The van der Waals surface area contributed by atoms with Crippen molar-refractivity contribution >= 4 is 8.07 Å². The van der Waals surface area contributed by atoms with Gasteiger partial charge in [0.05, 0.1) is 0 Å². The summed E-state index contributed by atoms with van der Waals surface area (Å²) in [5.74, 6) is 5.15. The van der Waals surface area contributed by atoms with Gasteiger partial charge in [0.1, 0.15) is 8.07 Å². The number of hydrogen-bond acceptors (Lipinski definition) is 0. The first-order valence-corrected chi connectivity index (χ1v) is 13.1. The maximum Gasteiger partial charge on any atom is 0.129 e. The predicted octanol–water partition coefficient (Wildman–Crippen LogP) is 6.77. The number of rotatable bonds is 5. The Morgan fingerprint density at radius 1 is 0.957 bits per heavy atom. The van der Waals surface area contributed by atoms with Gasteiger partial charge in [-0.3, -0.25) is 0 Å². The van der Waals surface area contributed by atoms with E-state index < -0.39 is 8.07 Å². The fourth-order valence-electron chi connectivity index (χ4n) is 3.57. The number of benzene rings is 1. The molecule has 1 aliphatic carbocycles. The van der Waals surface area contributed by atoms with Crippen molar-refractivity contribution in [3.8, 4) is 11.5 Å². The monoisotopic (exact) mass is 326 g/mol. The Morgan fingerprint density at radius 3 is 2.17 bits per heavy atom. The maximum absolute atomic E-state index is 3.46. The van der Waals surface area contributed by atoms with Crippen molar-refractivity contribution in [2.45, 2.75) is 83.8 Å². The Kier molecular flexibility index (Phi) is 6.97. The molecule has 2 rings (SSSR count). The first-order chi connectivity index (χ1) is 11.0. The van der Waals surface area contributed by atoms with Crippen LogP contribution in [0.3, 0.4) is 0 Å². The van der Waals surface area contributed by atoms with Crippen LogP contribution >= 0.6 is 0 Å². The van der Waals surface area contributed by atoms with Crippen LogP contribution in [0.5, 0.6) is 0 Å². The zero-order chi connectivity index (χ0) is 16.7. The van der Waals surface area contributed by atoms with E-state index in [-0.39, 0.29) is 0 Å². The molecule has 1 aromatic carbocycles. The van der Waals surface area contributed by atoms with Crippen LogP contribution in [0.1, 0.15) is 75.3 Å². The van der Waals surface area contributed by atoms with Crippen molar-refractivity contribution in [1.82, 2.24) is 0 Å². The van der Waals surface area contributed by atoms with Crippen LogP contribution in [0.2, 0.25) is 19.6 Å². The average Bonchev–Trinajstić information content (AvgIpc) is 2.54. The Hall–Kier alpha value is -1.00. The van der Waals surface area contributed by atoms with Crippen LogP contribution in [0.15, 0.2) is 24.3 Å². The second-order valence-corrected chi connectivity index (χ2v) is 13.1. The summed E-state index contributed by atoms with van der Waals surface area (Å²) in [5.41, 5.74) is 6.18. The van der Waals surface area contributed by atoms with E-state index in [4.69, 9.17) is 0 Å². The molecule has 0 radical (unpaired) electrons. The lowest BCUT2D eigenvalue weighted by Gasteiger charge is -2.29. The van der Waals surface area contributed by atoms with Gasteiger partial charge in [-0.2, -0.15) is 0 Å². The van der Waals surface area contributed by atoms with Crippen LogP contribution < -0.4 is 0 Å². The summed E-state index contributed by atoms with van der Waals surface area (Å²) < 4.78 is 0. The third-order valence-corrected chi connectivity index (χ3v) is 5.90. The lowest BCUT2D eigenvalue weighted by Crippen LogP contribution is -2.16. The first kappa shape index (κ1) is 18.3. The van der Waals surface area contributed by atoms with E-state index in [1.54, 1.807) is 0 Å². The van der Waals surface area contributed by atoms with Crippen LogP contribution in [0.4, 0.5) is 0 Å². The standard InChI is InChI=1S/C22H34Si/c1-5-6-7-8-19-9-13-21(14-10-19)22-15-11-20(12-16-22)17-18-23(2,3)4/h11-12,15-16,19,21H,5-10,13-14H2,1-4H3. The largest absolute Gasteiger partial charge is 0.129 e. The Labute approximate surface area is 145 Å². The summed E-state index contributed by atoms with van der Waals surface area (Å²) in [6.07, 6.45) is 11.3. The lowest BCUT2D eigenvalue weighted by molar-refractivity contribution is 0.303. The topological polar surface area (TPSA) is 0 Å². The van der Waals surface area contributed by atoms with E-state index in [2.05, 4.69) is 62.3 Å². The van der Waals surface area contributed by atoms with Crippen molar-refractivity contribution in [3.05, 3.63) is 35.4 Å². The second kappa shape index (κ2) is 8.74. The molecule has 1 fully saturated rings. The molecular weight excluding hydrogens is 292 g/mol. The first-order valence-electron chi connectivity index (χ1n) is 9.61. The van der Waals surface area contributed by atoms with Gasteiger partial charge in [0, 0.05) is 5.56 Å². The summed E-state index contributed by atoms with van der Waals surface area (Å²) in [4.78, 5) is 0. The highest BCUT2D eigenvalue weighted by atomic mass is 28.3. The van der Waals surface area contributed by atoms with Gasteiger partial charge >= 0.3 is 0 Å². The molecule has 1 heteroatoms. The normalized spacial score (nSPS) is 21.6. The van der Waals surface area contributed by atoms with Gasteiger partial charge in [0.15, 0.2) is 0 Å². The molecular formula is C22H34Si. The Bertz CT molecular complexity index is 516. The van der Waals surface area contributed by atoms with Crippen LogP contribution in [-0.4, -0.2) is 8.07 Å². The van der Waals surface area contributed by atoms with E-state index in [0.717, 1.165) is 11.8 Å². The second-order valence-electron chi connectivity index (χ2n) is 8.34. The average molecular weight is 327 g/mol. The molecule has 1 aromatic rings. The molecule has 0 amide bonds. The zero-order valence-electron chi connectivity index (χ0n) is 15.6. The van der Waals surface area contributed by atoms with Gasteiger partial charge in [-0.25, -0.2) is 0 Å². The minimum atomic E-state index is -1.27. The molecule has 1 saturated carbocycles. The quantitative estimate of drug-likeness (QED) is 0.318. The molecule has 0 nitrogen and oxygen atoms in total. The van der Waals surface area contributed by atoms with Crippen LogP contribution in [0.25, 0.3) is 0 Å². The van der Waals surface area contributed by atoms with E-state index in [0.29, 0.717) is 0 Å². The highest BCUT2D eigenvalue weighted by Crippen LogP contribution is 2.37. The fourth-order valence-corrected chi connectivity index (χ4v) is 4.09. The third kappa shape index (κ3) is 6.56. The minimum Gasteiger partial charge on any atom is -0.127 e. The number of unbranched alkanes of at least 4 members (excludes halogenated alkanes) is 2. The van der Waals surface area contributed by atoms with Crippen molar-refractivity contribution in [2.75, 3.05) is 0 Å². The summed E-state index contributed by atoms with van der Waals surface area (Å²) in [5, 5.41) is 0. The van der Waals surface area contributed by atoms with Gasteiger partial charge in [-0.15, -0.1) is 5.54 Å². The molecule has 1 aliphatic rings. The van der Waals surface area contributed by atoms with E-state index in [9.17, 15) is 0 Å². The van der Waals surface area contributed by atoms with Gasteiger partial charge in [-0.1, -0.05) is 70.3 Å². The molecule has 0 saturated heterocycles. The van der Waals surface area contributed by atoms with E-state index in [1.165, 1.54) is 62.5 Å². The highest BCUT2D eigenvalue weighted by molar-refractivity contribution is 6.83. The summed E-state index contributed by atoms with van der Waals surface area (Å²) in [7, 11) is -1.27. The smallest absolute Gasteiger partial charge is 0.127 e. The van der Waals surface area contributed by atoms with E-state index >= 15 is 0 Å². The molecule has 126 valence electrons. The Morgan fingerprint density at radius 2 is 1.61 bits per heavy atom. The molecule has 0 bridgehead atoms. The van der Waals surface area contributed by atoms with Crippen molar-refractivity contribution in [2.24, 2.45) is 5.92 Å². The summed E-state index contributed by atoms with van der Waals surface area (Å²) >= 11 is 0. The van der Waals surface area contributed by atoms with Gasteiger partial charge < -0.3 is 0 Å². The highest BCUT2D eigenvalue weighted by Gasteiger charge is 2.21. The SMILES string of the molecule is CCCCCC1CCC(c2ccc(C#C[Si](C)(C)C)cc2)CC1. The third-order valence-electron chi connectivity index (χ3n) is 5.03. The minimum absolute atomic E-state index is 0.788. The molecule has 0 heterocycles.